The Morgan fingerprint density at radius 3 is 2.50 bits per heavy atom. The van der Waals surface area contributed by atoms with Gasteiger partial charge in [-0.2, -0.15) is 0 Å². The van der Waals surface area contributed by atoms with E-state index in [1.165, 1.54) is 0 Å². The van der Waals surface area contributed by atoms with Gasteiger partial charge in [0.05, 0.1) is 0 Å². The summed E-state index contributed by atoms with van der Waals surface area (Å²) in [5.41, 5.74) is 5.79. The van der Waals surface area contributed by atoms with Gasteiger partial charge in [0.25, 0.3) is 5.91 Å². The van der Waals surface area contributed by atoms with Crippen LogP contribution >= 0.6 is 35.6 Å². The topological polar surface area (TPSA) is 55.6 Å². The van der Waals surface area contributed by atoms with Gasteiger partial charge in [0, 0.05) is 29.2 Å². The lowest BCUT2D eigenvalue weighted by Gasteiger charge is -2.21. The third-order valence-electron chi connectivity index (χ3n) is 3.03. The number of nitrogens with two attached hydrogens (primary N) is 1. The van der Waals surface area contributed by atoms with Crippen LogP contribution in [0.3, 0.4) is 0 Å². The number of carbonyl (C=O) groups excluding carboxylic acids is 1. The smallest absolute Gasteiger partial charge is 0.263 e. The van der Waals surface area contributed by atoms with E-state index in [1.54, 1.807) is 30.0 Å². The summed E-state index contributed by atoms with van der Waals surface area (Å²) in [6.07, 6.45) is 0.251. The van der Waals surface area contributed by atoms with Gasteiger partial charge in [0.2, 0.25) is 0 Å². The van der Waals surface area contributed by atoms with Gasteiger partial charge >= 0.3 is 0 Å². The van der Waals surface area contributed by atoms with Gasteiger partial charge in [-0.3, -0.25) is 4.79 Å². The van der Waals surface area contributed by atoms with Crippen LogP contribution in [0.5, 0.6) is 5.75 Å². The number of halogens is 3. The molecule has 1 unspecified atom stereocenters. The summed E-state index contributed by atoms with van der Waals surface area (Å²) in [6.45, 7) is 2.98. The van der Waals surface area contributed by atoms with E-state index >= 15 is 0 Å². The molecule has 1 fully saturated rings. The Hall–Kier alpha value is -0.680. The summed E-state index contributed by atoms with van der Waals surface area (Å²) >= 11 is 11.8. The fourth-order valence-electron chi connectivity index (χ4n) is 2.10. The SMILES string of the molecule is CC(Oc1cc(Cl)cc(Cl)c1)C(=O)N1CC[C@@H](N)C1.Cl. The van der Waals surface area contributed by atoms with Gasteiger partial charge in [-0.1, -0.05) is 23.2 Å². The summed E-state index contributed by atoms with van der Waals surface area (Å²) in [5, 5.41) is 0.954. The molecule has 1 aliphatic heterocycles. The van der Waals surface area contributed by atoms with Gasteiger partial charge in [0.15, 0.2) is 6.10 Å². The largest absolute Gasteiger partial charge is 0.481 e. The minimum absolute atomic E-state index is 0. The molecule has 7 heteroatoms. The zero-order valence-corrected chi connectivity index (χ0v) is 13.3. The first-order valence-corrected chi connectivity index (χ1v) is 6.88. The van der Waals surface area contributed by atoms with E-state index in [-0.39, 0.29) is 24.4 Å². The second kappa shape index (κ2) is 7.36. The van der Waals surface area contributed by atoms with Crippen LogP contribution in [0, 0.1) is 0 Å². The quantitative estimate of drug-likeness (QED) is 0.921. The molecule has 1 saturated heterocycles. The predicted octanol–water partition coefficient (Wildman–Crippen LogP) is 2.74. The Morgan fingerprint density at radius 1 is 1.40 bits per heavy atom. The van der Waals surface area contributed by atoms with Crippen molar-refractivity contribution in [2.75, 3.05) is 13.1 Å². The van der Waals surface area contributed by atoms with Crippen LogP contribution in [-0.2, 0) is 4.79 Å². The summed E-state index contributed by atoms with van der Waals surface area (Å²) < 4.78 is 5.58. The van der Waals surface area contributed by atoms with E-state index in [0.29, 0.717) is 28.9 Å². The Balaban J connectivity index is 0.00000200. The predicted molar refractivity (Wildman–Crippen MR) is 83.0 cm³/mol. The van der Waals surface area contributed by atoms with Crippen molar-refractivity contribution in [2.45, 2.75) is 25.5 Å². The molecule has 4 nitrogen and oxygen atoms in total. The number of nitrogens with zero attached hydrogens (tertiary/aromatic N) is 1. The monoisotopic (exact) mass is 338 g/mol. The minimum atomic E-state index is -0.583. The third-order valence-corrected chi connectivity index (χ3v) is 3.47. The standard InChI is InChI=1S/C13H16Cl2N2O2.ClH/c1-8(13(18)17-3-2-11(16)7-17)19-12-5-9(14)4-10(15)6-12;/h4-6,8,11H,2-3,7,16H2,1H3;1H/t8?,11-;/m1./s1. The van der Waals surface area contributed by atoms with Gasteiger partial charge in [0.1, 0.15) is 5.75 Å². The number of benzene rings is 1. The molecule has 2 N–H and O–H groups in total. The highest BCUT2D eigenvalue weighted by Crippen LogP contribution is 2.25. The molecule has 0 radical (unpaired) electrons. The molecule has 0 aliphatic carbocycles. The molecule has 112 valence electrons. The van der Waals surface area contributed by atoms with Gasteiger partial charge < -0.3 is 15.4 Å². The van der Waals surface area contributed by atoms with Crippen molar-refractivity contribution in [3.63, 3.8) is 0 Å². The normalized spacial score (nSPS) is 19.4. The number of hydrogen-bond donors (Lipinski definition) is 1. The average Bonchev–Trinajstić information content (AvgIpc) is 2.73. The number of hydrogen-bond acceptors (Lipinski definition) is 3. The van der Waals surface area contributed by atoms with Crippen molar-refractivity contribution < 1.29 is 9.53 Å². The molecule has 1 aliphatic rings. The Labute approximate surface area is 134 Å². The first-order chi connectivity index (χ1) is 8.95. The molecule has 20 heavy (non-hydrogen) atoms. The first kappa shape index (κ1) is 17.4. The fourth-order valence-corrected chi connectivity index (χ4v) is 2.60. The van der Waals surface area contributed by atoms with Crippen molar-refractivity contribution in [2.24, 2.45) is 5.73 Å². The van der Waals surface area contributed by atoms with E-state index < -0.39 is 6.10 Å². The molecule has 1 amide bonds. The molecule has 1 aromatic carbocycles. The highest BCUT2D eigenvalue weighted by atomic mass is 35.5. The van der Waals surface area contributed by atoms with Crippen LogP contribution in [0.2, 0.25) is 10.0 Å². The zero-order chi connectivity index (χ0) is 14.0. The Kier molecular flexibility index (Phi) is 6.40. The second-order valence-corrected chi connectivity index (χ2v) is 5.57. The summed E-state index contributed by atoms with van der Waals surface area (Å²) in [4.78, 5) is 13.9. The number of amides is 1. The molecule has 0 saturated carbocycles. The summed E-state index contributed by atoms with van der Waals surface area (Å²) in [5.74, 6) is 0.422. The van der Waals surface area contributed by atoms with E-state index in [1.807, 2.05) is 0 Å². The number of rotatable bonds is 3. The molecule has 2 atom stereocenters. The molecule has 0 bridgehead atoms. The van der Waals surface area contributed by atoms with Crippen molar-refractivity contribution >= 4 is 41.5 Å². The lowest BCUT2D eigenvalue weighted by molar-refractivity contribution is -0.136. The lowest BCUT2D eigenvalue weighted by atomic mass is 10.3. The first-order valence-electron chi connectivity index (χ1n) is 6.13. The molecule has 0 spiro atoms. The van der Waals surface area contributed by atoms with E-state index in [4.69, 9.17) is 33.7 Å². The average molecular weight is 340 g/mol. The number of carbonyl (C=O) groups is 1. The van der Waals surface area contributed by atoms with Gasteiger partial charge in [-0.05, 0) is 31.5 Å². The van der Waals surface area contributed by atoms with E-state index in [0.717, 1.165) is 6.42 Å². The van der Waals surface area contributed by atoms with Crippen LogP contribution in [0.1, 0.15) is 13.3 Å². The van der Waals surface area contributed by atoms with Crippen molar-refractivity contribution in [3.05, 3.63) is 28.2 Å². The van der Waals surface area contributed by atoms with Crippen LogP contribution in [0.4, 0.5) is 0 Å². The molecule has 1 aromatic rings. The number of ether oxygens (including phenoxy) is 1. The lowest BCUT2D eigenvalue weighted by Crippen LogP contribution is -2.40. The third kappa shape index (κ3) is 4.42. The maximum absolute atomic E-state index is 12.1. The number of likely N-dealkylation sites (tertiary alicyclic amines) is 1. The second-order valence-electron chi connectivity index (χ2n) is 4.70. The minimum Gasteiger partial charge on any atom is -0.481 e. The Bertz CT molecular complexity index is 464. The van der Waals surface area contributed by atoms with E-state index in [9.17, 15) is 4.79 Å². The van der Waals surface area contributed by atoms with Crippen LogP contribution < -0.4 is 10.5 Å². The van der Waals surface area contributed by atoms with Crippen molar-refractivity contribution in [3.8, 4) is 5.75 Å². The fraction of sp³-hybridized carbons (Fsp3) is 0.462. The molecular formula is C13H17Cl3N2O2. The van der Waals surface area contributed by atoms with Crippen LogP contribution in [0.15, 0.2) is 18.2 Å². The molecule has 1 heterocycles. The molecular weight excluding hydrogens is 323 g/mol. The zero-order valence-electron chi connectivity index (χ0n) is 11.0. The highest BCUT2D eigenvalue weighted by Gasteiger charge is 2.28. The summed E-state index contributed by atoms with van der Waals surface area (Å²) in [7, 11) is 0. The van der Waals surface area contributed by atoms with Crippen LogP contribution in [0.25, 0.3) is 0 Å². The maximum Gasteiger partial charge on any atom is 0.263 e. The van der Waals surface area contributed by atoms with Crippen LogP contribution in [-0.4, -0.2) is 36.0 Å². The Morgan fingerprint density at radius 2 is 2.00 bits per heavy atom. The van der Waals surface area contributed by atoms with Gasteiger partial charge in [-0.25, -0.2) is 0 Å². The van der Waals surface area contributed by atoms with E-state index in [2.05, 4.69) is 0 Å². The van der Waals surface area contributed by atoms with Crippen molar-refractivity contribution in [1.82, 2.24) is 4.90 Å². The van der Waals surface area contributed by atoms with Crippen molar-refractivity contribution in [1.29, 1.82) is 0 Å². The molecule has 0 aromatic heterocycles. The molecule has 2 rings (SSSR count). The summed E-state index contributed by atoms with van der Waals surface area (Å²) in [6, 6.07) is 4.94. The highest BCUT2D eigenvalue weighted by molar-refractivity contribution is 6.34. The van der Waals surface area contributed by atoms with Gasteiger partial charge in [-0.15, -0.1) is 12.4 Å². The maximum atomic E-state index is 12.1.